The minimum absolute atomic E-state index is 0.408. The number of ether oxygens (including phenoxy) is 1. The van der Waals surface area contributed by atoms with E-state index < -0.39 is 0 Å². The standard InChI is InChI=1S/C14H21NOS2/c1-4-18-12-7-5-6-11(13(12)14(15)17)16-9-8-10(2)3/h5-7,10H,4,8-9H2,1-3H3,(H2,15,17). The van der Waals surface area contributed by atoms with E-state index in [1.54, 1.807) is 11.8 Å². The third kappa shape index (κ3) is 4.50. The van der Waals surface area contributed by atoms with Crippen molar-refractivity contribution in [3.05, 3.63) is 23.8 Å². The summed E-state index contributed by atoms with van der Waals surface area (Å²) in [5.41, 5.74) is 6.69. The number of thioether (sulfide) groups is 1. The van der Waals surface area contributed by atoms with Gasteiger partial charge in [0, 0.05) is 4.90 Å². The molecule has 0 atom stereocenters. The summed E-state index contributed by atoms with van der Waals surface area (Å²) in [5, 5.41) is 0. The van der Waals surface area contributed by atoms with Gasteiger partial charge in [-0.3, -0.25) is 0 Å². The average Bonchev–Trinajstić information content (AvgIpc) is 2.28. The van der Waals surface area contributed by atoms with Crippen LogP contribution in [0.2, 0.25) is 0 Å². The lowest BCUT2D eigenvalue weighted by atomic mass is 10.1. The highest BCUT2D eigenvalue weighted by Gasteiger charge is 2.12. The molecule has 18 heavy (non-hydrogen) atoms. The van der Waals surface area contributed by atoms with Gasteiger partial charge in [0.05, 0.1) is 12.2 Å². The largest absolute Gasteiger partial charge is 0.493 e. The second-order valence-corrected chi connectivity index (χ2v) is 6.20. The van der Waals surface area contributed by atoms with Gasteiger partial charge in [0.25, 0.3) is 0 Å². The Kier molecular flexibility index (Phi) is 6.50. The lowest BCUT2D eigenvalue weighted by molar-refractivity contribution is 0.288. The van der Waals surface area contributed by atoms with Gasteiger partial charge in [-0.15, -0.1) is 11.8 Å². The van der Waals surface area contributed by atoms with E-state index in [2.05, 4.69) is 20.8 Å². The molecule has 0 amide bonds. The Labute approximate surface area is 119 Å². The van der Waals surface area contributed by atoms with Crippen molar-refractivity contribution in [3.63, 3.8) is 0 Å². The first kappa shape index (κ1) is 15.3. The van der Waals surface area contributed by atoms with E-state index in [9.17, 15) is 0 Å². The number of benzene rings is 1. The number of hydrogen-bond acceptors (Lipinski definition) is 3. The summed E-state index contributed by atoms with van der Waals surface area (Å²) in [4.78, 5) is 1.51. The van der Waals surface area contributed by atoms with Crippen LogP contribution in [0.5, 0.6) is 5.75 Å². The van der Waals surface area contributed by atoms with Crippen LogP contribution in [0.25, 0.3) is 0 Å². The molecule has 0 fully saturated rings. The van der Waals surface area contributed by atoms with Crippen molar-refractivity contribution in [2.75, 3.05) is 12.4 Å². The topological polar surface area (TPSA) is 35.2 Å². The molecular weight excluding hydrogens is 262 g/mol. The Balaban J connectivity index is 2.88. The van der Waals surface area contributed by atoms with Gasteiger partial charge in [-0.2, -0.15) is 0 Å². The van der Waals surface area contributed by atoms with Gasteiger partial charge < -0.3 is 10.5 Å². The highest BCUT2D eigenvalue weighted by Crippen LogP contribution is 2.30. The molecule has 100 valence electrons. The summed E-state index contributed by atoms with van der Waals surface area (Å²) in [5.74, 6) is 2.43. The number of rotatable bonds is 7. The SMILES string of the molecule is CCSc1cccc(OCCC(C)C)c1C(N)=S. The molecule has 1 aromatic carbocycles. The van der Waals surface area contributed by atoms with E-state index in [4.69, 9.17) is 22.7 Å². The molecule has 1 aromatic rings. The Bertz CT molecular complexity index is 405. The summed E-state index contributed by atoms with van der Waals surface area (Å²) < 4.78 is 5.82. The van der Waals surface area contributed by atoms with Gasteiger partial charge >= 0.3 is 0 Å². The van der Waals surface area contributed by atoms with E-state index in [1.807, 2.05) is 18.2 Å². The molecule has 0 saturated carbocycles. The molecule has 0 bridgehead atoms. The number of nitrogens with two attached hydrogens (primary N) is 1. The van der Waals surface area contributed by atoms with E-state index in [1.165, 1.54) is 0 Å². The molecule has 2 N–H and O–H groups in total. The van der Waals surface area contributed by atoms with Gasteiger partial charge in [-0.05, 0) is 30.2 Å². The smallest absolute Gasteiger partial charge is 0.130 e. The number of thiocarbonyl (C=S) groups is 1. The van der Waals surface area contributed by atoms with Crippen LogP contribution >= 0.6 is 24.0 Å². The second kappa shape index (κ2) is 7.64. The maximum absolute atomic E-state index is 5.82. The first-order valence-corrected chi connectivity index (χ1v) is 7.64. The Morgan fingerprint density at radius 1 is 1.44 bits per heavy atom. The van der Waals surface area contributed by atoms with Gasteiger partial charge in [-0.1, -0.05) is 39.1 Å². The third-order valence-electron chi connectivity index (χ3n) is 2.49. The average molecular weight is 283 g/mol. The lowest BCUT2D eigenvalue weighted by Crippen LogP contribution is -2.14. The minimum atomic E-state index is 0.408. The van der Waals surface area contributed by atoms with E-state index >= 15 is 0 Å². The van der Waals surface area contributed by atoms with Crippen molar-refractivity contribution in [1.29, 1.82) is 0 Å². The van der Waals surface area contributed by atoms with Gasteiger partial charge in [0.2, 0.25) is 0 Å². The lowest BCUT2D eigenvalue weighted by Gasteiger charge is -2.14. The zero-order chi connectivity index (χ0) is 13.5. The van der Waals surface area contributed by atoms with Gasteiger partial charge in [0.15, 0.2) is 0 Å². The third-order valence-corrected chi connectivity index (χ3v) is 3.63. The zero-order valence-corrected chi connectivity index (χ0v) is 12.9. The molecule has 0 aromatic heterocycles. The highest BCUT2D eigenvalue weighted by molar-refractivity contribution is 7.99. The van der Waals surface area contributed by atoms with Crippen LogP contribution < -0.4 is 10.5 Å². The van der Waals surface area contributed by atoms with Crippen molar-refractivity contribution in [2.45, 2.75) is 32.1 Å². The Morgan fingerprint density at radius 2 is 2.17 bits per heavy atom. The van der Waals surface area contributed by atoms with Crippen molar-refractivity contribution >= 4 is 29.0 Å². The molecule has 0 radical (unpaired) electrons. The number of hydrogen-bond donors (Lipinski definition) is 1. The first-order chi connectivity index (χ1) is 8.56. The zero-order valence-electron chi connectivity index (χ0n) is 11.2. The molecule has 4 heteroatoms. The Morgan fingerprint density at radius 3 is 2.72 bits per heavy atom. The molecule has 0 aliphatic carbocycles. The van der Waals surface area contributed by atoms with Gasteiger partial charge in [-0.25, -0.2) is 0 Å². The molecule has 1 rings (SSSR count). The molecule has 0 unspecified atom stereocenters. The predicted molar refractivity (Wildman–Crippen MR) is 83.7 cm³/mol. The first-order valence-electron chi connectivity index (χ1n) is 6.24. The Hall–Kier alpha value is -0.740. The quantitative estimate of drug-likeness (QED) is 0.609. The van der Waals surface area contributed by atoms with Crippen LogP contribution in [0.1, 0.15) is 32.8 Å². The molecule has 0 spiro atoms. The van der Waals surface area contributed by atoms with E-state index in [-0.39, 0.29) is 0 Å². The summed E-state index contributed by atoms with van der Waals surface area (Å²) in [6.45, 7) is 7.18. The summed E-state index contributed by atoms with van der Waals surface area (Å²) in [6.07, 6.45) is 1.03. The molecule has 0 aliphatic rings. The van der Waals surface area contributed by atoms with Crippen LogP contribution in [-0.4, -0.2) is 17.3 Å². The summed E-state index contributed by atoms with van der Waals surface area (Å²) in [7, 11) is 0. The molecular formula is C14H21NOS2. The van der Waals surface area contributed by atoms with Crippen LogP contribution in [-0.2, 0) is 0 Å². The fraction of sp³-hybridized carbons (Fsp3) is 0.500. The maximum atomic E-state index is 5.82. The minimum Gasteiger partial charge on any atom is -0.493 e. The molecule has 0 heterocycles. The molecule has 0 aliphatic heterocycles. The normalized spacial score (nSPS) is 10.7. The van der Waals surface area contributed by atoms with Crippen LogP contribution in [0, 0.1) is 5.92 Å². The fourth-order valence-electron chi connectivity index (χ4n) is 1.55. The van der Waals surface area contributed by atoms with Crippen molar-refractivity contribution in [1.82, 2.24) is 0 Å². The fourth-order valence-corrected chi connectivity index (χ4v) is 2.67. The van der Waals surface area contributed by atoms with Crippen LogP contribution in [0.4, 0.5) is 0 Å². The molecule has 2 nitrogen and oxygen atoms in total. The van der Waals surface area contributed by atoms with Crippen LogP contribution in [0.15, 0.2) is 23.1 Å². The monoisotopic (exact) mass is 283 g/mol. The maximum Gasteiger partial charge on any atom is 0.130 e. The van der Waals surface area contributed by atoms with E-state index in [0.717, 1.165) is 28.4 Å². The highest BCUT2D eigenvalue weighted by atomic mass is 32.2. The predicted octanol–water partition coefficient (Wildman–Crippen LogP) is 3.86. The summed E-state index contributed by atoms with van der Waals surface area (Å²) in [6, 6.07) is 5.97. The van der Waals surface area contributed by atoms with Crippen molar-refractivity contribution in [3.8, 4) is 5.75 Å². The van der Waals surface area contributed by atoms with Crippen LogP contribution in [0.3, 0.4) is 0 Å². The van der Waals surface area contributed by atoms with Crippen molar-refractivity contribution in [2.24, 2.45) is 11.7 Å². The van der Waals surface area contributed by atoms with Crippen molar-refractivity contribution < 1.29 is 4.74 Å². The summed E-state index contributed by atoms with van der Waals surface area (Å²) >= 11 is 6.87. The van der Waals surface area contributed by atoms with Gasteiger partial charge in [0.1, 0.15) is 10.7 Å². The van der Waals surface area contributed by atoms with E-state index in [0.29, 0.717) is 17.5 Å². The second-order valence-electron chi connectivity index (χ2n) is 4.46. The molecule has 0 saturated heterocycles.